The molecule has 2 N–H and O–H groups in total. The third kappa shape index (κ3) is 1.63. The summed E-state index contributed by atoms with van der Waals surface area (Å²) in [5, 5.41) is 0. The fourth-order valence-corrected chi connectivity index (χ4v) is 3.57. The van der Waals surface area contributed by atoms with Crippen molar-refractivity contribution in [2.24, 2.45) is 11.7 Å². The zero-order valence-corrected chi connectivity index (χ0v) is 8.24. The van der Waals surface area contributed by atoms with Gasteiger partial charge in [0, 0.05) is 12.4 Å². The summed E-state index contributed by atoms with van der Waals surface area (Å²) < 4.78 is 5.88. The van der Waals surface area contributed by atoms with Gasteiger partial charge < -0.3 is 10.5 Å². The molecule has 3 heteroatoms. The van der Waals surface area contributed by atoms with Gasteiger partial charge in [-0.05, 0) is 37.5 Å². The molecule has 0 aliphatic carbocycles. The number of thioether (sulfide) groups is 1. The van der Waals surface area contributed by atoms with E-state index in [9.17, 15) is 0 Å². The molecular weight excluding hydrogens is 170 g/mol. The molecule has 2 atom stereocenters. The molecule has 2 saturated heterocycles. The van der Waals surface area contributed by atoms with Crippen LogP contribution in [0.5, 0.6) is 0 Å². The van der Waals surface area contributed by atoms with Crippen LogP contribution < -0.4 is 5.73 Å². The Morgan fingerprint density at radius 1 is 1.58 bits per heavy atom. The van der Waals surface area contributed by atoms with Crippen LogP contribution in [0.4, 0.5) is 0 Å². The van der Waals surface area contributed by atoms with E-state index in [-0.39, 0.29) is 5.60 Å². The predicted octanol–water partition coefficient (Wildman–Crippen LogP) is 1.25. The molecule has 0 amide bonds. The van der Waals surface area contributed by atoms with Gasteiger partial charge in [-0.1, -0.05) is 0 Å². The Hall–Kier alpha value is 0.270. The van der Waals surface area contributed by atoms with E-state index >= 15 is 0 Å². The van der Waals surface area contributed by atoms with Gasteiger partial charge in [0.05, 0.1) is 5.60 Å². The van der Waals surface area contributed by atoms with Crippen molar-refractivity contribution in [2.75, 3.05) is 24.7 Å². The summed E-state index contributed by atoms with van der Waals surface area (Å²) in [5.41, 5.74) is 5.92. The lowest BCUT2D eigenvalue weighted by atomic mass is 9.85. The van der Waals surface area contributed by atoms with Crippen LogP contribution in [0.3, 0.4) is 0 Å². The lowest BCUT2D eigenvalue weighted by Gasteiger charge is -2.37. The molecule has 2 fully saturated rings. The van der Waals surface area contributed by atoms with Gasteiger partial charge in [-0.15, -0.1) is 0 Å². The van der Waals surface area contributed by atoms with Crippen LogP contribution in [0.1, 0.15) is 19.3 Å². The summed E-state index contributed by atoms with van der Waals surface area (Å²) in [7, 11) is 0. The summed E-state index contributed by atoms with van der Waals surface area (Å²) in [6.07, 6.45) is 3.62. The second-order valence-electron chi connectivity index (χ2n) is 3.93. The van der Waals surface area contributed by atoms with Crippen LogP contribution in [-0.2, 0) is 4.74 Å². The topological polar surface area (TPSA) is 35.2 Å². The first-order valence-electron chi connectivity index (χ1n) is 4.76. The van der Waals surface area contributed by atoms with E-state index < -0.39 is 0 Å². The zero-order chi connectivity index (χ0) is 8.44. The molecule has 0 aromatic heterocycles. The van der Waals surface area contributed by atoms with Gasteiger partial charge in [0.1, 0.15) is 0 Å². The molecule has 0 aromatic carbocycles. The predicted molar refractivity (Wildman–Crippen MR) is 52.4 cm³/mol. The lowest BCUT2D eigenvalue weighted by Crippen LogP contribution is -2.41. The fraction of sp³-hybridized carbons (Fsp3) is 1.00. The smallest absolute Gasteiger partial charge is 0.0783 e. The molecule has 0 bridgehead atoms. The molecule has 0 saturated carbocycles. The highest BCUT2D eigenvalue weighted by molar-refractivity contribution is 7.99. The maximum atomic E-state index is 5.88. The van der Waals surface area contributed by atoms with Gasteiger partial charge >= 0.3 is 0 Å². The van der Waals surface area contributed by atoms with Crippen molar-refractivity contribution >= 4 is 11.8 Å². The number of hydrogen-bond donors (Lipinski definition) is 1. The van der Waals surface area contributed by atoms with Crippen LogP contribution in [0.2, 0.25) is 0 Å². The average Bonchev–Trinajstić information content (AvgIpc) is 2.53. The van der Waals surface area contributed by atoms with Crippen molar-refractivity contribution in [3.05, 3.63) is 0 Å². The second kappa shape index (κ2) is 3.56. The SMILES string of the molecule is NCC1CCOC2(CCSC2)C1. The van der Waals surface area contributed by atoms with Crippen molar-refractivity contribution in [2.45, 2.75) is 24.9 Å². The highest BCUT2D eigenvalue weighted by Crippen LogP contribution is 2.39. The molecule has 70 valence electrons. The van der Waals surface area contributed by atoms with E-state index in [0.717, 1.165) is 19.1 Å². The van der Waals surface area contributed by atoms with Gasteiger partial charge in [0.2, 0.25) is 0 Å². The molecule has 2 nitrogen and oxygen atoms in total. The van der Waals surface area contributed by atoms with E-state index in [1.165, 1.54) is 30.8 Å². The molecular formula is C9H17NOS. The van der Waals surface area contributed by atoms with Crippen LogP contribution in [0.15, 0.2) is 0 Å². The summed E-state index contributed by atoms with van der Waals surface area (Å²) in [6.45, 7) is 1.78. The van der Waals surface area contributed by atoms with Gasteiger partial charge in [0.15, 0.2) is 0 Å². The molecule has 0 radical (unpaired) electrons. The number of nitrogens with two attached hydrogens (primary N) is 1. The largest absolute Gasteiger partial charge is 0.374 e. The van der Waals surface area contributed by atoms with E-state index in [4.69, 9.17) is 10.5 Å². The Kier molecular flexibility index (Phi) is 2.63. The highest BCUT2D eigenvalue weighted by atomic mass is 32.2. The molecule has 2 unspecified atom stereocenters. The summed E-state index contributed by atoms with van der Waals surface area (Å²) in [4.78, 5) is 0. The third-order valence-electron chi connectivity index (χ3n) is 3.00. The first-order chi connectivity index (χ1) is 5.85. The fourth-order valence-electron chi connectivity index (χ4n) is 2.19. The Morgan fingerprint density at radius 3 is 3.17 bits per heavy atom. The number of rotatable bonds is 1. The first-order valence-corrected chi connectivity index (χ1v) is 5.92. The Bertz CT molecular complexity index is 157. The molecule has 12 heavy (non-hydrogen) atoms. The van der Waals surface area contributed by atoms with Crippen molar-refractivity contribution in [1.29, 1.82) is 0 Å². The summed E-state index contributed by atoms with van der Waals surface area (Å²) >= 11 is 2.03. The summed E-state index contributed by atoms with van der Waals surface area (Å²) in [5.74, 6) is 3.19. The molecule has 1 spiro atoms. The first kappa shape index (κ1) is 8.85. The van der Waals surface area contributed by atoms with Gasteiger partial charge in [-0.25, -0.2) is 0 Å². The van der Waals surface area contributed by atoms with Crippen LogP contribution in [0, 0.1) is 5.92 Å². The molecule has 2 rings (SSSR count). The minimum atomic E-state index is 0.229. The van der Waals surface area contributed by atoms with Crippen molar-refractivity contribution in [3.8, 4) is 0 Å². The van der Waals surface area contributed by atoms with E-state index in [1.807, 2.05) is 11.8 Å². The Balaban J connectivity index is 1.97. The highest BCUT2D eigenvalue weighted by Gasteiger charge is 2.39. The van der Waals surface area contributed by atoms with E-state index in [1.54, 1.807) is 0 Å². The quantitative estimate of drug-likeness (QED) is 0.671. The van der Waals surface area contributed by atoms with Crippen molar-refractivity contribution in [1.82, 2.24) is 0 Å². The Morgan fingerprint density at radius 2 is 2.50 bits per heavy atom. The lowest BCUT2D eigenvalue weighted by molar-refractivity contribution is -0.0777. The van der Waals surface area contributed by atoms with Crippen molar-refractivity contribution < 1.29 is 4.74 Å². The molecule has 2 aliphatic rings. The number of hydrogen-bond acceptors (Lipinski definition) is 3. The summed E-state index contributed by atoms with van der Waals surface area (Å²) in [6, 6.07) is 0. The van der Waals surface area contributed by atoms with Gasteiger partial charge in [-0.3, -0.25) is 0 Å². The Labute approximate surface area is 78.2 Å². The third-order valence-corrected chi connectivity index (χ3v) is 4.22. The maximum Gasteiger partial charge on any atom is 0.0783 e. The zero-order valence-electron chi connectivity index (χ0n) is 7.42. The number of ether oxygens (including phenoxy) is 1. The normalized spacial score (nSPS) is 42.2. The minimum absolute atomic E-state index is 0.229. The van der Waals surface area contributed by atoms with Crippen LogP contribution in [-0.4, -0.2) is 30.3 Å². The standard InChI is InChI=1S/C9H17NOS/c10-6-8-1-3-11-9(5-8)2-4-12-7-9/h8H,1-7,10H2. The maximum absolute atomic E-state index is 5.88. The van der Waals surface area contributed by atoms with Crippen molar-refractivity contribution in [3.63, 3.8) is 0 Å². The van der Waals surface area contributed by atoms with Crippen LogP contribution in [0.25, 0.3) is 0 Å². The van der Waals surface area contributed by atoms with Gasteiger partial charge in [0.25, 0.3) is 0 Å². The molecule has 2 aliphatic heterocycles. The van der Waals surface area contributed by atoms with E-state index in [2.05, 4.69) is 0 Å². The average molecular weight is 187 g/mol. The van der Waals surface area contributed by atoms with Gasteiger partial charge in [-0.2, -0.15) is 11.8 Å². The van der Waals surface area contributed by atoms with Crippen LogP contribution >= 0.6 is 11.8 Å². The van der Waals surface area contributed by atoms with E-state index in [0.29, 0.717) is 0 Å². The second-order valence-corrected chi connectivity index (χ2v) is 5.03. The molecule has 0 aromatic rings. The monoisotopic (exact) mass is 187 g/mol. The minimum Gasteiger partial charge on any atom is -0.374 e. The molecule has 2 heterocycles.